The molecule has 0 aliphatic carbocycles. The average molecular weight is 304 g/mol. The van der Waals surface area contributed by atoms with E-state index < -0.39 is 23.3 Å². The second kappa shape index (κ2) is 6.51. The van der Waals surface area contributed by atoms with Crippen molar-refractivity contribution in [3.8, 4) is 0 Å². The molecule has 8 nitrogen and oxygen atoms in total. The number of hydrogen-bond donors (Lipinski definition) is 4. The fourth-order valence-electron chi connectivity index (χ4n) is 2.01. The van der Waals surface area contributed by atoms with Gasteiger partial charge in [0.1, 0.15) is 0 Å². The average Bonchev–Trinajstić information content (AvgIpc) is 2.26. The van der Waals surface area contributed by atoms with E-state index in [9.17, 15) is 19.5 Å². The number of aliphatic hydroxyl groups excluding tert-OH is 1. The first-order valence-corrected chi connectivity index (χ1v) is 5.61. The van der Waals surface area contributed by atoms with Gasteiger partial charge in [-0.25, -0.2) is 9.59 Å². The van der Waals surface area contributed by atoms with Crippen LogP contribution in [-0.2, 0) is 11.3 Å². The number of carboxylic acids is 1. The Morgan fingerprint density at radius 2 is 2.10 bits per heavy atom. The first kappa shape index (κ1) is 16.2. The summed E-state index contributed by atoms with van der Waals surface area (Å²) in [4.78, 5) is 39.3. The van der Waals surface area contributed by atoms with E-state index in [-0.39, 0.29) is 37.6 Å². The molecule has 1 unspecified atom stereocenters. The zero-order valence-corrected chi connectivity index (χ0v) is 11.1. The molecular formula is C11H14ClN3O5. The first-order chi connectivity index (χ1) is 8.94. The number of nitrogens with zero attached hydrogens (tertiary/aromatic N) is 1. The quantitative estimate of drug-likeness (QED) is 0.548. The van der Waals surface area contributed by atoms with Crippen molar-refractivity contribution in [2.24, 2.45) is 0 Å². The predicted molar refractivity (Wildman–Crippen MR) is 71.9 cm³/mol. The first-order valence-electron chi connectivity index (χ1n) is 5.61. The van der Waals surface area contributed by atoms with Crippen LogP contribution in [0.2, 0.25) is 0 Å². The SMILES string of the molecule is Cl.O=C(O)C1=CC(O)CN(Cc2cc(=O)[nH]c(=O)[nH]2)C1. The molecule has 4 N–H and O–H groups in total. The molecule has 0 fully saturated rings. The Morgan fingerprint density at radius 3 is 2.70 bits per heavy atom. The predicted octanol–water partition coefficient (Wildman–Crippen LogP) is -1.33. The smallest absolute Gasteiger partial charge is 0.332 e. The van der Waals surface area contributed by atoms with Gasteiger partial charge in [0.05, 0.1) is 6.10 Å². The van der Waals surface area contributed by atoms with Gasteiger partial charge in [0.2, 0.25) is 0 Å². The zero-order valence-electron chi connectivity index (χ0n) is 10.3. The van der Waals surface area contributed by atoms with Crippen LogP contribution in [0.1, 0.15) is 5.69 Å². The van der Waals surface area contributed by atoms with Crippen LogP contribution in [0, 0.1) is 0 Å². The van der Waals surface area contributed by atoms with Crippen molar-refractivity contribution >= 4 is 18.4 Å². The number of rotatable bonds is 3. The lowest BCUT2D eigenvalue weighted by molar-refractivity contribution is -0.133. The van der Waals surface area contributed by atoms with Crippen LogP contribution in [0.5, 0.6) is 0 Å². The number of aliphatic hydroxyl groups is 1. The van der Waals surface area contributed by atoms with Crippen molar-refractivity contribution in [1.82, 2.24) is 14.9 Å². The maximum absolute atomic E-state index is 11.1. The molecular weight excluding hydrogens is 290 g/mol. The number of aromatic nitrogens is 2. The van der Waals surface area contributed by atoms with E-state index in [1.165, 1.54) is 12.1 Å². The minimum Gasteiger partial charge on any atom is -0.478 e. The molecule has 1 aliphatic heterocycles. The summed E-state index contributed by atoms with van der Waals surface area (Å²) in [5, 5.41) is 18.5. The Morgan fingerprint density at radius 1 is 1.40 bits per heavy atom. The highest BCUT2D eigenvalue weighted by Crippen LogP contribution is 2.12. The molecule has 2 rings (SSSR count). The van der Waals surface area contributed by atoms with E-state index in [1.807, 2.05) is 4.98 Å². The normalized spacial score (nSPS) is 19.1. The standard InChI is InChI=1S/C11H13N3O5.ClH/c15-8-1-6(10(17)18)3-14(5-8)4-7-2-9(16)13-11(19)12-7;/h1-2,8,15H,3-5H2,(H,17,18)(H2,12,13,16,19);1H. The van der Waals surface area contributed by atoms with Crippen LogP contribution in [0.4, 0.5) is 0 Å². The van der Waals surface area contributed by atoms with E-state index in [4.69, 9.17) is 5.11 Å². The Bertz CT molecular complexity index is 607. The van der Waals surface area contributed by atoms with E-state index in [1.54, 1.807) is 4.90 Å². The molecule has 9 heteroatoms. The Balaban J connectivity index is 0.00000200. The van der Waals surface area contributed by atoms with Gasteiger partial charge in [-0.3, -0.25) is 14.7 Å². The summed E-state index contributed by atoms with van der Waals surface area (Å²) in [5.41, 5.74) is -0.683. The van der Waals surface area contributed by atoms with Crippen LogP contribution >= 0.6 is 12.4 Å². The molecule has 2 heterocycles. The third-order valence-electron chi connectivity index (χ3n) is 2.72. The fraction of sp³-hybridized carbons (Fsp3) is 0.364. The Labute approximate surface area is 119 Å². The summed E-state index contributed by atoms with van der Waals surface area (Å²) in [7, 11) is 0. The van der Waals surface area contributed by atoms with Crippen LogP contribution in [0.25, 0.3) is 0 Å². The van der Waals surface area contributed by atoms with Crippen molar-refractivity contribution in [1.29, 1.82) is 0 Å². The molecule has 20 heavy (non-hydrogen) atoms. The second-order valence-electron chi connectivity index (χ2n) is 4.35. The maximum atomic E-state index is 11.1. The molecule has 0 amide bonds. The lowest BCUT2D eigenvalue weighted by atomic mass is 10.1. The summed E-state index contributed by atoms with van der Waals surface area (Å²) in [6.45, 7) is 0.563. The molecule has 110 valence electrons. The topological polar surface area (TPSA) is 126 Å². The van der Waals surface area contributed by atoms with Gasteiger partial charge in [-0.2, -0.15) is 0 Å². The lowest BCUT2D eigenvalue weighted by Gasteiger charge is -2.28. The molecule has 0 spiro atoms. The molecule has 1 aliphatic rings. The number of β-amino-alcohol motifs (C(OH)–C–C–N with tert-alkyl or cyclic N) is 1. The van der Waals surface area contributed by atoms with Crippen molar-refractivity contribution in [2.75, 3.05) is 13.1 Å². The minimum atomic E-state index is -1.09. The van der Waals surface area contributed by atoms with Crippen LogP contribution in [0.3, 0.4) is 0 Å². The van der Waals surface area contributed by atoms with Crippen molar-refractivity contribution in [2.45, 2.75) is 12.6 Å². The number of aromatic amines is 2. The Kier molecular flexibility index (Phi) is 5.26. The fourth-order valence-corrected chi connectivity index (χ4v) is 2.01. The van der Waals surface area contributed by atoms with Gasteiger partial charge in [-0.15, -0.1) is 12.4 Å². The molecule has 1 aromatic rings. The molecule has 0 saturated carbocycles. The number of nitrogens with one attached hydrogen (secondary N) is 2. The Hall–Kier alpha value is -1.90. The van der Waals surface area contributed by atoms with E-state index >= 15 is 0 Å². The van der Waals surface area contributed by atoms with Gasteiger partial charge in [0.25, 0.3) is 5.56 Å². The monoisotopic (exact) mass is 303 g/mol. The van der Waals surface area contributed by atoms with Crippen molar-refractivity contribution in [3.63, 3.8) is 0 Å². The van der Waals surface area contributed by atoms with Gasteiger partial charge < -0.3 is 15.2 Å². The van der Waals surface area contributed by atoms with Crippen molar-refractivity contribution < 1.29 is 15.0 Å². The number of halogens is 1. The number of hydrogen-bond acceptors (Lipinski definition) is 5. The second-order valence-corrected chi connectivity index (χ2v) is 4.35. The molecule has 0 bridgehead atoms. The summed E-state index contributed by atoms with van der Waals surface area (Å²) < 4.78 is 0. The van der Waals surface area contributed by atoms with Gasteiger partial charge in [-0.1, -0.05) is 0 Å². The third kappa shape index (κ3) is 4.05. The van der Waals surface area contributed by atoms with Gasteiger partial charge in [0.15, 0.2) is 0 Å². The number of carbonyl (C=O) groups is 1. The highest BCUT2D eigenvalue weighted by Gasteiger charge is 2.22. The molecule has 1 aromatic heterocycles. The van der Waals surface area contributed by atoms with Crippen LogP contribution < -0.4 is 11.2 Å². The van der Waals surface area contributed by atoms with Gasteiger partial charge in [0, 0.05) is 37.0 Å². The number of aliphatic carboxylic acids is 1. The molecule has 0 radical (unpaired) electrons. The van der Waals surface area contributed by atoms with Gasteiger partial charge in [-0.05, 0) is 6.08 Å². The molecule has 1 atom stereocenters. The minimum absolute atomic E-state index is 0. The maximum Gasteiger partial charge on any atom is 0.332 e. The highest BCUT2D eigenvalue weighted by molar-refractivity contribution is 5.87. The number of carboxylic acid groups (broad SMARTS) is 1. The summed E-state index contributed by atoms with van der Waals surface area (Å²) >= 11 is 0. The molecule has 0 saturated heterocycles. The lowest BCUT2D eigenvalue weighted by Crippen LogP contribution is -2.39. The molecule has 0 aromatic carbocycles. The van der Waals surface area contributed by atoms with Crippen LogP contribution in [-0.4, -0.2) is 50.2 Å². The van der Waals surface area contributed by atoms with Gasteiger partial charge >= 0.3 is 11.7 Å². The summed E-state index contributed by atoms with van der Waals surface area (Å²) in [6.07, 6.45) is 0.410. The summed E-state index contributed by atoms with van der Waals surface area (Å²) in [6, 6.07) is 1.23. The van der Waals surface area contributed by atoms with Crippen LogP contribution in [0.15, 0.2) is 27.3 Å². The van der Waals surface area contributed by atoms with E-state index in [0.29, 0.717) is 5.69 Å². The third-order valence-corrected chi connectivity index (χ3v) is 2.72. The van der Waals surface area contributed by atoms with Crippen molar-refractivity contribution in [3.05, 3.63) is 44.2 Å². The number of H-pyrrole nitrogens is 2. The van der Waals surface area contributed by atoms with E-state index in [0.717, 1.165) is 0 Å². The zero-order chi connectivity index (χ0) is 14.0. The highest BCUT2D eigenvalue weighted by atomic mass is 35.5. The largest absolute Gasteiger partial charge is 0.478 e. The van der Waals surface area contributed by atoms with E-state index in [2.05, 4.69) is 4.98 Å². The summed E-state index contributed by atoms with van der Waals surface area (Å²) in [5.74, 6) is -1.09.